The van der Waals surface area contributed by atoms with Gasteiger partial charge in [-0.1, -0.05) is 19.1 Å². The molecular formula is C14H19N5O. The van der Waals surface area contributed by atoms with Crippen LogP contribution in [0.2, 0.25) is 0 Å². The molecule has 2 N–H and O–H groups in total. The van der Waals surface area contributed by atoms with Gasteiger partial charge in [-0.3, -0.25) is 4.79 Å². The lowest BCUT2D eigenvalue weighted by Crippen LogP contribution is -2.28. The van der Waals surface area contributed by atoms with Crippen LogP contribution in [0.1, 0.15) is 18.9 Å². The van der Waals surface area contributed by atoms with Gasteiger partial charge in [0.05, 0.1) is 13.1 Å². The highest BCUT2D eigenvalue weighted by Crippen LogP contribution is 2.10. The topological polar surface area (TPSA) is 71.8 Å². The highest BCUT2D eigenvalue weighted by atomic mass is 16.1. The first-order valence-electron chi connectivity index (χ1n) is 6.70. The summed E-state index contributed by atoms with van der Waals surface area (Å²) in [5.41, 5.74) is 1.91. The number of carbonyl (C=O) groups excluding carboxylic acids is 1. The number of nitrogens with one attached hydrogen (secondary N) is 2. The molecule has 0 unspecified atom stereocenters. The van der Waals surface area contributed by atoms with Gasteiger partial charge in [0.2, 0.25) is 5.91 Å². The average Bonchev–Trinajstić information content (AvgIpc) is 2.94. The van der Waals surface area contributed by atoms with Crippen LogP contribution >= 0.6 is 0 Å². The van der Waals surface area contributed by atoms with E-state index in [1.165, 1.54) is 6.33 Å². The highest BCUT2D eigenvalue weighted by molar-refractivity contribution is 5.92. The molecule has 0 aliphatic rings. The molecule has 106 valence electrons. The Hall–Kier alpha value is -2.21. The van der Waals surface area contributed by atoms with Gasteiger partial charge in [0, 0.05) is 5.69 Å². The number of amides is 1. The maximum absolute atomic E-state index is 11.6. The fourth-order valence-electron chi connectivity index (χ4n) is 1.78. The highest BCUT2D eigenvalue weighted by Gasteiger charge is 2.02. The SMILES string of the molecule is CCCNCC(=O)Nc1ccc(Cn2cncn2)cc1. The maximum atomic E-state index is 11.6. The molecule has 1 amide bonds. The molecule has 6 heteroatoms. The van der Waals surface area contributed by atoms with Crippen LogP contribution in [0.4, 0.5) is 5.69 Å². The van der Waals surface area contributed by atoms with Crippen LogP contribution in [0.25, 0.3) is 0 Å². The minimum atomic E-state index is -0.0255. The second kappa shape index (κ2) is 7.40. The zero-order chi connectivity index (χ0) is 14.2. The monoisotopic (exact) mass is 273 g/mol. The lowest BCUT2D eigenvalue weighted by atomic mass is 10.2. The van der Waals surface area contributed by atoms with Gasteiger partial charge in [0.25, 0.3) is 0 Å². The Kier molecular flexibility index (Phi) is 5.25. The number of benzene rings is 1. The second-order valence-corrected chi connectivity index (χ2v) is 4.51. The Balaban J connectivity index is 1.83. The molecular weight excluding hydrogens is 254 g/mol. The van der Waals surface area contributed by atoms with Crippen molar-refractivity contribution in [3.8, 4) is 0 Å². The van der Waals surface area contributed by atoms with E-state index < -0.39 is 0 Å². The van der Waals surface area contributed by atoms with E-state index in [-0.39, 0.29) is 5.91 Å². The van der Waals surface area contributed by atoms with Crippen molar-refractivity contribution in [1.82, 2.24) is 20.1 Å². The van der Waals surface area contributed by atoms with E-state index >= 15 is 0 Å². The standard InChI is InChI=1S/C14H19N5O/c1-2-7-15-8-14(20)18-13-5-3-12(4-6-13)9-19-11-16-10-17-19/h3-6,10-11,15H,2,7-9H2,1H3,(H,18,20). The van der Waals surface area contributed by atoms with E-state index in [0.29, 0.717) is 13.1 Å². The van der Waals surface area contributed by atoms with Crippen LogP contribution in [0, 0.1) is 0 Å². The van der Waals surface area contributed by atoms with Gasteiger partial charge < -0.3 is 10.6 Å². The molecule has 0 saturated heterocycles. The number of aromatic nitrogens is 3. The van der Waals surface area contributed by atoms with Gasteiger partial charge in [0.1, 0.15) is 12.7 Å². The van der Waals surface area contributed by atoms with E-state index in [1.807, 2.05) is 24.3 Å². The quantitative estimate of drug-likeness (QED) is 0.745. The Bertz CT molecular complexity index is 521. The van der Waals surface area contributed by atoms with E-state index in [0.717, 1.165) is 24.2 Å². The van der Waals surface area contributed by atoms with Crippen LogP contribution in [-0.2, 0) is 11.3 Å². The lowest BCUT2D eigenvalue weighted by molar-refractivity contribution is -0.115. The number of carbonyl (C=O) groups is 1. The summed E-state index contributed by atoms with van der Waals surface area (Å²) >= 11 is 0. The van der Waals surface area contributed by atoms with Crippen molar-refractivity contribution in [1.29, 1.82) is 0 Å². The molecule has 2 aromatic rings. The number of anilines is 1. The molecule has 0 fully saturated rings. The van der Waals surface area contributed by atoms with Crippen molar-refractivity contribution in [2.75, 3.05) is 18.4 Å². The molecule has 6 nitrogen and oxygen atoms in total. The Labute approximate surface area is 118 Å². The second-order valence-electron chi connectivity index (χ2n) is 4.51. The van der Waals surface area contributed by atoms with Crippen molar-refractivity contribution >= 4 is 11.6 Å². The third kappa shape index (κ3) is 4.47. The van der Waals surface area contributed by atoms with Crippen LogP contribution < -0.4 is 10.6 Å². The molecule has 0 saturated carbocycles. The van der Waals surface area contributed by atoms with Gasteiger partial charge in [-0.2, -0.15) is 5.10 Å². The third-order valence-corrected chi connectivity index (χ3v) is 2.76. The van der Waals surface area contributed by atoms with E-state index in [1.54, 1.807) is 11.0 Å². The van der Waals surface area contributed by atoms with Crippen LogP contribution in [0.3, 0.4) is 0 Å². The Morgan fingerprint density at radius 3 is 2.75 bits per heavy atom. The molecule has 1 aromatic heterocycles. The minimum Gasteiger partial charge on any atom is -0.325 e. The molecule has 0 aliphatic carbocycles. The zero-order valence-corrected chi connectivity index (χ0v) is 11.5. The summed E-state index contributed by atoms with van der Waals surface area (Å²) in [7, 11) is 0. The molecule has 0 bridgehead atoms. The number of nitrogens with zero attached hydrogens (tertiary/aromatic N) is 3. The van der Waals surface area contributed by atoms with Crippen molar-refractivity contribution in [3.63, 3.8) is 0 Å². The van der Waals surface area contributed by atoms with Gasteiger partial charge in [-0.25, -0.2) is 9.67 Å². The summed E-state index contributed by atoms with van der Waals surface area (Å²) < 4.78 is 1.75. The summed E-state index contributed by atoms with van der Waals surface area (Å²) in [4.78, 5) is 15.5. The maximum Gasteiger partial charge on any atom is 0.238 e. The predicted molar refractivity (Wildman–Crippen MR) is 77.4 cm³/mol. The summed E-state index contributed by atoms with van der Waals surface area (Å²) in [5.74, 6) is -0.0255. The van der Waals surface area contributed by atoms with E-state index in [2.05, 4.69) is 27.6 Å². The first-order valence-corrected chi connectivity index (χ1v) is 6.70. The normalized spacial score (nSPS) is 10.4. The molecule has 0 aliphatic heterocycles. The average molecular weight is 273 g/mol. The fraction of sp³-hybridized carbons (Fsp3) is 0.357. The zero-order valence-electron chi connectivity index (χ0n) is 11.5. The first-order chi connectivity index (χ1) is 9.78. The predicted octanol–water partition coefficient (Wildman–Crippen LogP) is 1.26. The minimum absolute atomic E-state index is 0.0255. The Morgan fingerprint density at radius 1 is 1.30 bits per heavy atom. The van der Waals surface area contributed by atoms with E-state index in [9.17, 15) is 4.79 Å². The summed E-state index contributed by atoms with van der Waals surface area (Å²) in [6.45, 7) is 3.93. The molecule has 0 spiro atoms. The van der Waals surface area contributed by atoms with Crippen molar-refractivity contribution in [3.05, 3.63) is 42.5 Å². The van der Waals surface area contributed by atoms with Crippen molar-refractivity contribution < 1.29 is 4.79 Å². The van der Waals surface area contributed by atoms with Gasteiger partial charge in [-0.05, 0) is 30.7 Å². The van der Waals surface area contributed by atoms with Crippen LogP contribution in [-0.4, -0.2) is 33.8 Å². The smallest absolute Gasteiger partial charge is 0.238 e. The molecule has 20 heavy (non-hydrogen) atoms. The first kappa shape index (κ1) is 14.2. The fourth-order valence-corrected chi connectivity index (χ4v) is 1.78. The molecule has 0 atom stereocenters. The lowest BCUT2D eigenvalue weighted by Gasteiger charge is -2.07. The van der Waals surface area contributed by atoms with Gasteiger partial charge >= 0.3 is 0 Å². The number of hydrogen-bond donors (Lipinski definition) is 2. The molecule has 0 radical (unpaired) electrons. The number of hydrogen-bond acceptors (Lipinski definition) is 4. The summed E-state index contributed by atoms with van der Waals surface area (Å²) in [6, 6.07) is 7.72. The van der Waals surface area contributed by atoms with E-state index in [4.69, 9.17) is 0 Å². The van der Waals surface area contributed by atoms with Crippen molar-refractivity contribution in [2.24, 2.45) is 0 Å². The molecule has 1 aromatic carbocycles. The largest absolute Gasteiger partial charge is 0.325 e. The third-order valence-electron chi connectivity index (χ3n) is 2.76. The van der Waals surface area contributed by atoms with Crippen LogP contribution in [0.5, 0.6) is 0 Å². The summed E-state index contributed by atoms with van der Waals surface area (Å²) in [6.07, 6.45) is 4.21. The Morgan fingerprint density at radius 2 is 2.10 bits per heavy atom. The van der Waals surface area contributed by atoms with Crippen LogP contribution in [0.15, 0.2) is 36.9 Å². The summed E-state index contributed by atoms with van der Waals surface area (Å²) in [5, 5.41) is 9.97. The van der Waals surface area contributed by atoms with Gasteiger partial charge in [0.15, 0.2) is 0 Å². The number of rotatable bonds is 7. The molecule has 1 heterocycles. The van der Waals surface area contributed by atoms with Gasteiger partial charge in [-0.15, -0.1) is 0 Å². The van der Waals surface area contributed by atoms with Crippen molar-refractivity contribution in [2.45, 2.75) is 19.9 Å². The molecule has 2 rings (SSSR count).